The van der Waals surface area contributed by atoms with Crippen LogP contribution in [0.3, 0.4) is 0 Å². The van der Waals surface area contributed by atoms with Crippen molar-refractivity contribution in [3.63, 3.8) is 0 Å². The van der Waals surface area contributed by atoms with Crippen molar-refractivity contribution in [1.29, 1.82) is 0 Å². The van der Waals surface area contributed by atoms with Gasteiger partial charge in [0.05, 0.1) is 18.9 Å². The Bertz CT molecular complexity index is 374. The molecule has 0 spiro atoms. The van der Waals surface area contributed by atoms with Crippen LogP contribution in [0.1, 0.15) is 36.9 Å². The molecule has 0 aromatic carbocycles. The molecule has 1 aliphatic rings. The van der Waals surface area contributed by atoms with Gasteiger partial charge in [0.1, 0.15) is 0 Å². The summed E-state index contributed by atoms with van der Waals surface area (Å²) in [5.41, 5.74) is 1.16. The number of nitrogens with one attached hydrogen (secondary N) is 1. The Morgan fingerprint density at radius 3 is 2.83 bits per heavy atom. The van der Waals surface area contributed by atoms with E-state index in [0.717, 1.165) is 43.7 Å². The zero-order valence-electron chi connectivity index (χ0n) is 11.5. The van der Waals surface area contributed by atoms with E-state index in [9.17, 15) is 0 Å². The number of morpholine rings is 1. The van der Waals surface area contributed by atoms with Crippen molar-refractivity contribution in [2.75, 3.05) is 37.7 Å². The number of rotatable bonds is 5. The van der Waals surface area contributed by atoms with E-state index in [1.165, 1.54) is 11.3 Å². The monoisotopic (exact) mass is 269 g/mol. The first kappa shape index (κ1) is 13.8. The van der Waals surface area contributed by atoms with Crippen molar-refractivity contribution >= 4 is 16.5 Å². The minimum Gasteiger partial charge on any atom is -0.378 e. The molecule has 2 rings (SSSR count). The number of aryl methyl sites for hydroxylation is 1. The summed E-state index contributed by atoms with van der Waals surface area (Å²) < 4.78 is 5.38. The molecule has 1 N–H and O–H groups in total. The molecular weight excluding hydrogens is 246 g/mol. The van der Waals surface area contributed by atoms with Crippen LogP contribution in [0.2, 0.25) is 0 Å². The van der Waals surface area contributed by atoms with Crippen LogP contribution in [-0.2, 0) is 4.74 Å². The van der Waals surface area contributed by atoms with Crippen LogP contribution in [0.15, 0.2) is 0 Å². The number of nitrogens with zero attached hydrogens (tertiary/aromatic N) is 2. The molecular formula is C13H23N3OS. The summed E-state index contributed by atoms with van der Waals surface area (Å²) in [6.45, 7) is 11.1. The summed E-state index contributed by atoms with van der Waals surface area (Å²) in [6.07, 6.45) is 1.17. The highest BCUT2D eigenvalue weighted by molar-refractivity contribution is 7.15. The van der Waals surface area contributed by atoms with Crippen LogP contribution in [-0.4, -0.2) is 37.8 Å². The van der Waals surface area contributed by atoms with Gasteiger partial charge in [0.15, 0.2) is 5.13 Å². The Kier molecular flexibility index (Phi) is 4.97. The lowest BCUT2D eigenvalue weighted by Gasteiger charge is -2.26. The van der Waals surface area contributed by atoms with E-state index in [2.05, 4.69) is 31.0 Å². The van der Waals surface area contributed by atoms with E-state index in [1.54, 1.807) is 0 Å². The second kappa shape index (κ2) is 6.50. The molecule has 0 bridgehead atoms. The fourth-order valence-electron chi connectivity index (χ4n) is 2.14. The third kappa shape index (κ3) is 3.22. The van der Waals surface area contributed by atoms with Gasteiger partial charge in [-0.15, -0.1) is 11.3 Å². The second-order valence-corrected chi connectivity index (χ2v) is 5.73. The van der Waals surface area contributed by atoms with Crippen molar-refractivity contribution in [3.8, 4) is 0 Å². The summed E-state index contributed by atoms with van der Waals surface area (Å²) in [7, 11) is 0. The summed E-state index contributed by atoms with van der Waals surface area (Å²) >= 11 is 1.82. The predicted octanol–water partition coefficient (Wildman–Crippen LogP) is 2.35. The maximum Gasteiger partial charge on any atom is 0.185 e. The Morgan fingerprint density at radius 2 is 2.17 bits per heavy atom. The Balaban J connectivity index is 2.05. The topological polar surface area (TPSA) is 37.4 Å². The molecule has 5 heteroatoms. The van der Waals surface area contributed by atoms with Gasteiger partial charge in [-0.3, -0.25) is 0 Å². The van der Waals surface area contributed by atoms with Gasteiger partial charge in [-0.2, -0.15) is 0 Å². The first-order valence-electron chi connectivity index (χ1n) is 6.75. The molecule has 0 amide bonds. The van der Waals surface area contributed by atoms with E-state index in [4.69, 9.17) is 9.72 Å². The maximum atomic E-state index is 5.38. The normalized spacial score (nSPS) is 18.1. The van der Waals surface area contributed by atoms with Crippen LogP contribution in [0.4, 0.5) is 5.13 Å². The lowest BCUT2D eigenvalue weighted by molar-refractivity contribution is 0.122. The van der Waals surface area contributed by atoms with E-state index in [-0.39, 0.29) is 0 Å². The lowest BCUT2D eigenvalue weighted by Crippen LogP contribution is -2.36. The Labute approximate surface area is 113 Å². The number of hydrogen-bond acceptors (Lipinski definition) is 5. The molecule has 1 aliphatic heterocycles. The SMILES string of the molecule is CCCNC(C)c1sc(N2CCOCC2)nc1C. The minimum atomic E-state index is 0.400. The zero-order valence-corrected chi connectivity index (χ0v) is 12.3. The molecule has 1 saturated heterocycles. The standard InChI is InChI=1S/C13H23N3OS/c1-4-5-14-10(2)12-11(3)15-13(18-12)16-6-8-17-9-7-16/h10,14H,4-9H2,1-3H3. The summed E-state index contributed by atoms with van der Waals surface area (Å²) in [5.74, 6) is 0. The fourth-order valence-corrected chi connectivity index (χ4v) is 3.28. The number of thiazole rings is 1. The molecule has 2 heterocycles. The van der Waals surface area contributed by atoms with Crippen molar-refractivity contribution in [1.82, 2.24) is 10.3 Å². The van der Waals surface area contributed by atoms with Crippen LogP contribution in [0.5, 0.6) is 0 Å². The zero-order chi connectivity index (χ0) is 13.0. The first-order valence-corrected chi connectivity index (χ1v) is 7.57. The van der Waals surface area contributed by atoms with Crippen LogP contribution in [0.25, 0.3) is 0 Å². The average Bonchev–Trinajstić information content (AvgIpc) is 2.79. The molecule has 4 nitrogen and oxygen atoms in total. The van der Waals surface area contributed by atoms with Crippen molar-refractivity contribution in [3.05, 3.63) is 10.6 Å². The van der Waals surface area contributed by atoms with Crippen molar-refractivity contribution in [2.24, 2.45) is 0 Å². The molecule has 1 atom stereocenters. The van der Waals surface area contributed by atoms with Gasteiger partial charge in [-0.25, -0.2) is 4.98 Å². The fraction of sp³-hybridized carbons (Fsp3) is 0.769. The van der Waals surface area contributed by atoms with Gasteiger partial charge < -0.3 is 15.0 Å². The molecule has 0 saturated carbocycles. The summed E-state index contributed by atoms with van der Waals surface area (Å²) in [6, 6.07) is 0.400. The third-order valence-electron chi connectivity index (χ3n) is 3.20. The third-order valence-corrected chi connectivity index (χ3v) is 4.60. The lowest BCUT2D eigenvalue weighted by atomic mass is 10.2. The first-order chi connectivity index (χ1) is 8.72. The molecule has 0 aliphatic carbocycles. The average molecular weight is 269 g/mol. The maximum absolute atomic E-state index is 5.38. The van der Waals surface area contributed by atoms with Gasteiger partial charge in [-0.1, -0.05) is 6.92 Å². The van der Waals surface area contributed by atoms with E-state index < -0.39 is 0 Å². The summed E-state index contributed by atoms with van der Waals surface area (Å²) in [4.78, 5) is 8.41. The van der Waals surface area contributed by atoms with Crippen LogP contribution in [0, 0.1) is 6.92 Å². The van der Waals surface area contributed by atoms with Gasteiger partial charge in [0.25, 0.3) is 0 Å². The number of anilines is 1. The molecule has 1 aromatic heterocycles. The predicted molar refractivity (Wildman–Crippen MR) is 76.6 cm³/mol. The number of hydrogen-bond donors (Lipinski definition) is 1. The van der Waals surface area contributed by atoms with E-state index in [0.29, 0.717) is 6.04 Å². The smallest absolute Gasteiger partial charge is 0.185 e. The molecule has 102 valence electrons. The molecule has 0 radical (unpaired) electrons. The minimum absolute atomic E-state index is 0.400. The molecule has 1 aromatic rings. The van der Waals surface area contributed by atoms with Gasteiger partial charge >= 0.3 is 0 Å². The number of aromatic nitrogens is 1. The molecule has 18 heavy (non-hydrogen) atoms. The van der Waals surface area contributed by atoms with Gasteiger partial charge in [0, 0.05) is 24.0 Å². The second-order valence-electron chi connectivity index (χ2n) is 4.72. The molecule has 1 unspecified atom stereocenters. The van der Waals surface area contributed by atoms with Crippen molar-refractivity contribution < 1.29 is 4.74 Å². The van der Waals surface area contributed by atoms with Gasteiger partial charge in [-0.05, 0) is 26.8 Å². The highest BCUT2D eigenvalue weighted by Crippen LogP contribution is 2.31. The highest BCUT2D eigenvalue weighted by Gasteiger charge is 2.19. The largest absolute Gasteiger partial charge is 0.378 e. The van der Waals surface area contributed by atoms with E-state index >= 15 is 0 Å². The van der Waals surface area contributed by atoms with Crippen LogP contribution < -0.4 is 10.2 Å². The Hall–Kier alpha value is -0.650. The van der Waals surface area contributed by atoms with Crippen LogP contribution >= 0.6 is 11.3 Å². The summed E-state index contributed by atoms with van der Waals surface area (Å²) in [5, 5.41) is 4.68. The highest BCUT2D eigenvalue weighted by atomic mass is 32.1. The van der Waals surface area contributed by atoms with E-state index in [1.807, 2.05) is 11.3 Å². The Morgan fingerprint density at radius 1 is 1.44 bits per heavy atom. The van der Waals surface area contributed by atoms with Crippen molar-refractivity contribution in [2.45, 2.75) is 33.2 Å². The van der Waals surface area contributed by atoms with Gasteiger partial charge in [0.2, 0.25) is 0 Å². The quantitative estimate of drug-likeness (QED) is 0.890. The molecule has 1 fully saturated rings. The number of ether oxygens (including phenoxy) is 1.